The number of carbonyl (C=O) groups excluding carboxylic acids is 2. The van der Waals surface area contributed by atoms with Crippen LogP contribution >= 0.6 is 0 Å². The van der Waals surface area contributed by atoms with E-state index in [1.807, 2.05) is 42.5 Å². The number of hydrogen-bond donors (Lipinski definition) is 0. The highest BCUT2D eigenvalue weighted by atomic mass is 16.7. The molecule has 0 amide bonds. The molecule has 0 aliphatic heterocycles. The molecule has 0 saturated heterocycles. The summed E-state index contributed by atoms with van der Waals surface area (Å²) in [6, 6.07) is 13.4. The molecule has 0 fully saturated rings. The molecule has 0 bridgehead atoms. The molecule has 0 unspecified atom stereocenters. The van der Waals surface area contributed by atoms with Crippen molar-refractivity contribution in [3.63, 3.8) is 0 Å². The van der Waals surface area contributed by atoms with Gasteiger partial charge in [0, 0.05) is 21.5 Å². The van der Waals surface area contributed by atoms with E-state index >= 15 is 0 Å². The maximum Gasteiger partial charge on any atom is 0.513 e. The maximum absolute atomic E-state index is 12.7. The van der Waals surface area contributed by atoms with E-state index < -0.39 is 12.3 Å². The van der Waals surface area contributed by atoms with E-state index in [-0.39, 0.29) is 0 Å². The van der Waals surface area contributed by atoms with Crippen molar-refractivity contribution < 1.29 is 28.5 Å². The van der Waals surface area contributed by atoms with Crippen molar-refractivity contribution in [2.24, 2.45) is 0 Å². The Labute approximate surface area is 233 Å². The minimum absolute atomic E-state index is 0.324. The number of unbranched alkanes of at least 4 members (excludes halogenated alkanes) is 8. The lowest BCUT2D eigenvalue weighted by molar-refractivity contribution is 0.0965. The minimum atomic E-state index is -0.731. The Morgan fingerprint density at radius 1 is 0.564 bits per heavy atom. The van der Waals surface area contributed by atoms with Crippen LogP contribution in [0.25, 0.3) is 21.5 Å². The quantitative estimate of drug-likeness (QED) is 0.0785. The van der Waals surface area contributed by atoms with E-state index in [1.54, 1.807) is 0 Å². The van der Waals surface area contributed by atoms with Crippen molar-refractivity contribution in [3.05, 3.63) is 48.0 Å². The van der Waals surface area contributed by atoms with Gasteiger partial charge < -0.3 is 18.9 Å². The summed E-state index contributed by atoms with van der Waals surface area (Å²) in [7, 11) is 0. The lowest BCUT2D eigenvalue weighted by Gasteiger charge is -2.17. The van der Waals surface area contributed by atoms with Crippen LogP contribution in [-0.2, 0) is 15.9 Å². The summed E-state index contributed by atoms with van der Waals surface area (Å²) in [4.78, 5) is 25.4. The van der Waals surface area contributed by atoms with E-state index in [2.05, 4.69) is 20.8 Å². The van der Waals surface area contributed by atoms with E-state index in [0.29, 0.717) is 46.3 Å². The molecule has 0 atom stereocenters. The molecule has 0 saturated carbocycles. The molecule has 0 aromatic heterocycles. The SMILES string of the molecule is CCCCCCCOC(=O)Oc1c2ccccc2c(OC(=O)OCCCCCCC)c2cc(CCC)ccc12. The van der Waals surface area contributed by atoms with Gasteiger partial charge in [-0.05, 0) is 30.9 Å². The molecule has 0 aliphatic rings. The zero-order valence-electron chi connectivity index (χ0n) is 23.9. The van der Waals surface area contributed by atoms with Gasteiger partial charge in [0.05, 0.1) is 13.2 Å². The standard InChI is InChI=1S/C33H44O6/c1-4-7-9-11-15-22-36-32(34)38-30-26-18-13-14-19-27(26)31(29-24-25(17-6-3)20-21-28(29)30)39-33(35)37-23-16-12-10-8-5-2/h13-14,18-21,24H,4-12,15-17,22-23H2,1-3H3. The zero-order chi connectivity index (χ0) is 27.9. The Hall–Kier alpha value is -3.28. The van der Waals surface area contributed by atoms with Crippen molar-refractivity contribution >= 4 is 33.9 Å². The van der Waals surface area contributed by atoms with Crippen molar-refractivity contribution in [1.29, 1.82) is 0 Å². The van der Waals surface area contributed by atoms with Crippen LogP contribution in [0.2, 0.25) is 0 Å². The summed E-state index contributed by atoms with van der Waals surface area (Å²) in [5.41, 5.74) is 1.11. The third-order valence-corrected chi connectivity index (χ3v) is 6.83. The number of ether oxygens (including phenoxy) is 4. The molecule has 3 rings (SSSR count). The fraction of sp³-hybridized carbons (Fsp3) is 0.515. The molecule has 3 aromatic carbocycles. The van der Waals surface area contributed by atoms with Crippen LogP contribution in [0.15, 0.2) is 42.5 Å². The minimum Gasteiger partial charge on any atom is -0.434 e. The van der Waals surface area contributed by atoms with Crippen molar-refractivity contribution in [2.45, 2.75) is 97.8 Å². The number of aryl methyl sites for hydroxylation is 1. The number of rotatable bonds is 16. The molecule has 212 valence electrons. The van der Waals surface area contributed by atoms with E-state index in [0.717, 1.165) is 56.9 Å². The first kappa shape index (κ1) is 30.3. The van der Waals surface area contributed by atoms with Crippen molar-refractivity contribution in [2.75, 3.05) is 13.2 Å². The molecular formula is C33H44O6. The summed E-state index contributed by atoms with van der Waals surface area (Å²) in [6.45, 7) is 7.11. The fourth-order valence-corrected chi connectivity index (χ4v) is 4.76. The summed E-state index contributed by atoms with van der Waals surface area (Å²) >= 11 is 0. The second-order valence-corrected chi connectivity index (χ2v) is 10.1. The molecule has 3 aromatic rings. The zero-order valence-corrected chi connectivity index (χ0v) is 23.9. The fourth-order valence-electron chi connectivity index (χ4n) is 4.76. The summed E-state index contributed by atoms with van der Waals surface area (Å²) < 4.78 is 22.5. The molecule has 6 nitrogen and oxygen atoms in total. The highest BCUT2D eigenvalue weighted by Crippen LogP contribution is 2.43. The van der Waals surface area contributed by atoms with Gasteiger partial charge >= 0.3 is 12.3 Å². The average Bonchev–Trinajstić information content (AvgIpc) is 2.94. The Bertz CT molecular complexity index is 1200. The maximum atomic E-state index is 12.7. The van der Waals surface area contributed by atoms with Crippen LogP contribution in [0.1, 0.15) is 97.0 Å². The molecule has 0 spiro atoms. The Morgan fingerprint density at radius 2 is 1.05 bits per heavy atom. The van der Waals surface area contributed by atoms with Gasteiger partial charge in [0.1, 0.15) is 11.5 Å². The van der Waals surface area contributed by atoms with Gasteiger partial charge in [0.15, 0.2) is 0 Å². The molecule has 0 N–H and O–H groups in total. The van der Waals surface area contributed by atoms with Crippen molar-refractivity contribution in [3.8, 4) is 11.5 Å². The van der Waals surface area contributed by atoms with Crippen LogP contribution < -0.4 is 9.47 Å². The van der Waals surface area contributed by atoms with Crippen LogP contribution in [0.4, 0.5) is 9.59 Å². The van der Waals surface area contributed by atoms with Gasteiger partial charge in [-0.2, -0.15) is 0 Å². The van der Waals surface area contributed by atoms with Gasteiger partial charge in [0.2, 0.25) is 0 Å². The van der Waals surface area contributed by atoms with Crippen LogP contribution in [-0.4, -0.2) is 25.5 Å². The molecule has 0 aliphatic carbocycles. The van der Waals surface area contributed by atoms with Crippen molar-refractivity contribution in [1.82, 2.24) is 0 Å². The van der Waals surface area contributed by atoms with Gasteiger partial charge in [-0.1, -0.05) is 115 Å². The van der Waals surface area contributed by atoms with E-state index in [1.165, 1.54) is 25.7 Å². The molecule has 0 radical (unpaired) electrons. The summed E-state index contributed by atoms with van der Waals surface area (Å²) in [5.74, 6) is 0.808. The second kappa shape index (κ2) is 16.6. The second-order valence-electron chi connectivity index (χ2n) is 10.1. The van der Waals surface area contributed by atoms with Crippen LogP contribution in [0.3, 0.4) is 0 Å². The number of carbonyl (C=O) groups is 2. The van der Waals surface area contributed by atoms with Gasteiger partial charge in [0.25, 0.3) is 0 Å². The highest BCUT2D eigenvalue weighted by Gasteiger charge is 2.21. The highest BCUT2D eigenvalue weighted by molar-refractivity contribution is 6.12. The smallest absolute Gasteiger partial charge is 0.434 e. The first-order valence-corrected chi connectivity index (χ1v) is 14.8. The molecule has 0 heterocycles. The number of hydrogen-bond acceptors (Lipinski definition) is 6. The molecular weight excluding hydrogens is 492 g/mol. The molecule has 39 heavy (non-hydrogen) atoms. The van der Waals surface area contributed by atoms with Gasteiger partial charge in [-0.25, -0.2) is 9.59 Å². The lowest BCUT2D eigenvalue weighted by Crippen LogP contribution is -2.14. The predicted octanol–water partition coefficient (Wildman–Crippen LogP) is 9.92. The predicted molar refractivity (Wildman–Crippen MR) is 157 cm³/mol. The lowest BCUT2D eigenvalue weighted by atomic mass is 9.97. The third-order valence-electron chi connectivity index (χ3n) is 6.83. The number of benzene rings is 3. The summed E-state index contributed by atoms with van der Waals surface area (Å²) in [5, 5.41) is 2.70. The Morgan fingerprint density at radius 3 is 1.56 bits per heavy atom. The summed E-state index contributed by atoms with van der Waals surface area (Å²) in [6.07, 6.45) is 11.0. The van der Waals surface area contributed by atoms with E-state index in [4.69, 9.17) is 18.9 Å². The Balaban J connectivity index is 1.86. The van der Waals surface area contributed by atoms with Gasteiger partial charge in [-0.15, -0.1) is 0 Å². The topological polar surface area (TPSA) is 71.1 Å². The molecule has 6 heteroatoms. The third kappa shape index (κ3) is 9.15. The van der Waals surface area contributed by atoms with Crippen LogP contribution in [0, 0.1) is 0 Å². The average molecular weight is 537 g/mol. The largest absolute Gasteiger partial charge is 0.513 e. The van der Waals surface area contributed by atoms with Crippen LogP contribution in [0.5, 0.6) is 11.5 Å². The first-order valence-electron chi connectivity index (χ1n) is 14.8. The number of fused-ring (bicyclic) bond motifs is 2. The van der Waals surface area contributed by atoms with Gasteiger partial charge in [-0.3, -0.25) is 0 Å². The normalized spacial score (nSPS) is 11.1. The first-order chi connectivity index (χ1) is 19.1. The Kier molecular flexibility index (Phi) is 12.9. The monoisotopic (exact) mass is 536 g/mol. The van der Waals surface area contributed by atoms with E-state index in [9.17, 15) is 9.59 Å².